The van der Waals surface area contributed by atoms with Crippen LogP contribution in [0.3, 0.4) is 0 Å². The summed E-state index contributed by atoms with van der Waals surface area (Å²) in [6, 6.07) is 1.43. The molecule has 0 aromatic carbocycles. The summed E-state index contributed by atoms with van der Waals surface area (Å²) in [7, 11) is 0. The fourth-order valence-corrected chi connectivity index (χ4v) is 1.95. The standard InChI is InChI=1S/C12H15ClN2O2/c13-11-6-9(10(14)7-15-11)12(16)17-5-4-8-2-1-3-8/h6-8H,1-5,14H2. The van der Waals surface area contributed by atoms with Crippen LogP contribution in [0.15, 0.2) is 12.3 Å². The van der Waals surface area contributed by atoms with Gasteiger partial charge in [-0.3, -0.25) is 0 Å². The third-order valence-electron chi connectivity index (χ3n) is 3.11. The van der Waals surface area contributed by atoms with Crippen molar-refractivity contribution < 1.29 is 9.53 Å². The van der Waals surface area contributed by atoms with Gasteiger partial charge in [-0.1, -0.05) is 30.9 Å². The monoisotopic (exact) mass is 254 g/mol. The number of carbonyl (C=O) groups is 1. The van der Waals surface area contributed by atoms with Crippen LogP contribution in [0, 0.1) is 5.92 Å². The number of nitrogens with two attached hydrogens (primary N) is 1. The van der Waals surface area contributed by atoms with E-state index in [-0.39, 0.29) is 5.15 Å². The molecule has 0 saturated heterocycles. The number of aromatic nitrogens is 1. The Morgan fingerprint density at radius 2 is 2.35 bits per heavy atom. The molecular formula is C12H15ClN2O2. The molecule has 0 amide bonds. The molecule has 0 bridgehead atoms. The highest BCUT2D eigenvalue weighted by Crippen LogP contribution is 2.29. The van der Waals surface area contributed by atoms with E-state index in [4.69, 9.17) is 22.1 Å². The third-order valence-corrected chi connectivity index (χ3v) is 3.31. The van der Waals surface area contributed by atoms with Gasteiger partial charge in [0.05, 0.1) is 24.1 Å². The SMILES string of the molecule is Nc1cnc(Cl)cc1C(=O)OCCC1CCC1. The Balaban J connectivity index is 1.87. The summed E-state index contributed by atoms with van der Waals surface area (Å²) >= 11 is 5.70. The van der Waals surface area contributed by atoms with Gasteiger partial charge in [-0.15, -0.1) is 0 Å². The second-order valence-electron chi connectivity index (χ2n) is 4.32. The summed E-state index contributed by atoms with van der Waals surface area (Å²) < 4.78 is 5.16. The van der Waals surface area contributed by atoms with Crippen molar-refractivity contribution in [1.82, 2.24) is 4.98 Å². The molecule has 1 aromatic rings. The lowest BCUT2D eigenvalue weighted by Crippen LogP contribution is -2.16. The van der Waals surface area contributed by atoms with Crippen LogP contribution in [0.25, 0.3) is 0 Å². The summed E-state index contributed by atoms with van der Waals surface area (Å²) in [4.78, 5) is 15.5. The maximum Gasteiger partial charge on any atom is 0.340 e. The zero-order valence-corrected chi connectivity index (χ0v) is 10.2. The molecule has 1 fully saturated rings. The van der Waals surface area contributed by atoms with E-state index in [2.05, 4.69) is 4.98 Å². The highest BCUT2D eigenvalue weighted by molar-refractivity contribution is 6.29. The van der Waals surface area contributed by atoms with Gasteiger partial charge in [-0.25, -0.2) is 9.78 Å². The lowest BCUT2D eigenvalue weighted by atomic mass is 9.83. The van der Waals surface area contributed by atoms with E-state index in [1.165, 1.54) is 31.5 Å². The van der Waals surface area contributed by atoms with Crippen molar-refractivity contribution in [3.05, 3.63) is 23.0 Å². The maximum atomic E-state index is 11.7. The molecule has 17 heavy (non-hydrogen) atoms. The van der Waals surface area contributed by atoms with Crippen LogP contribution in [-0.2, 0) is 4.74 Å². The zero-order valence-electron chi connectivity index (χ0n) is 9.49. The Bertz CT molecular complexity index is 419. The third kappa shape index (κ3) is 3.09. The quantitative estimate of drug-likeness (QED) is 0.663. The Labute approximate surface area is 105 Å². The molecule has 0 radical (unpaired) electrons. The van der Waals surface area contributed by atoms with Crippen molar-refractivity contribution >= 4 is 23.3 Å². The number of ether oxygens (including phenoxy) is 1. The Hall–Kier alpha value is -1.29. The minimum atomic E-state index is -0.425. The lowest BCUT2D eigenvalue weighted by molar-refractivity contribution is 0.0465. The first-order valence-electron chi connectivity index (χ1n) is 5.75. The van der Waals surface area contributed by atoms with Gasteiger partial charge in [-0.05, 0) is 18.4 Å². The van der Waals surface area contributed by atoms with Gasteiger partial charge in [0.15, 0.2) is 0 Å². The van der Waals surface area contributed by atoms with Crippen molar-refractivity contribution in [3.8, 4) is 0 Å². The van der Waals surface area contributed by atoms with E-state index in [9.17, 15) is 4.79 Å². The molecular weight excluding hydrogens is 240 g/mol. The van der Waals surface area contributed by atoms with Crippen LogP contribution in [0.1, 0.15) is 36.0 Å². The summed E-state index contributed by atoms with van der Waals surface area (Å²) in [5.74, 6) is 0.298. The molecule has 0 aliphatic heterocycles. The first kappa shape index (κ1) is 12.2. The molecule has 4 nitrogen and oxygen atoms in total. The van der Waals surface area contributed by atoms with Gasteiger partial charge in [0, 0.05) is 0 Å². The smallest absolute Gasteiger partial charge is 0.340 e. The summed E-state index contributed by atoms with van der Waals surface area (Å²) in [5, 5.41) is 0.241. The van der Waals surface area contributed by atoms with Crippen molar-refractivity contribution in [1.29, 1.82) is 0 Å². The van der Waals surface area contributed by atoms with Crippen LogP contribution >= 0.6 is 11.6 Å². The van der Waals surface area contributed by atoms with Gasteiger partial charge in [-0.2, -0.15) is 0 Å². The van der Waals surface area contributed by atoms with Gasteiger partial charge >= 0.3 is 5.97 Å². The number of hydrogen-bond donors (Lipinski definition) is 1. The fraction of sp³-hybridized carbons (Fsp3) is 0.500. The number of rotatable bonds is 4. The van der Waals surface area contributed by atoms with E-state index in [0.29, 0.717) is 17.9 Å². The maximum absolute atomic E-state index is 11.7. The predicted octanol–water partition coefficient (Wildman–Crippen LogP) is 2.66. The van der Waals surface area contributed by atoms with Gasteiger partial charge in [0.25, 0.3) is 0 Å². The Morgan fingerprint density at radius 1 is 1.59 bits per heavy atom. The molecule has 1 saturated carbocycles. The zero-order chi connectivity index (χ0) is 12.3. The van der Waals surface area contributed by atoms with E-state index in [0.717, 1.165) is 12.3 Å². The molecule has 2 N–H and O–H groups in total. The summed E-state index contributed by atoms with van der Waals surface area (Å²) in [6.45, 7) is 0.447. The Morgan fingerprint density at radius 3 is 3.00 bits per heavy atom. The van der Waals surface area contributed by atoms with Crippen LogP contribution in [0.5, 0.6) is 0 Å². The average Bonchev–Trinajstić information content (AvgIpc) is 2.25. The van der Waals surface area contributed by atoms with Gasteiger partial charge in [0.1, 0.15) is 5.15 Å². The fourth-order valence-electron chi connectivity index (χ4n) is 1.79. The summed E-state index contributed by atoms with van der Waals surface area (Å²) in [6.07, 6.45) is 6.10. The molecule has 0 unspecified atom stereocenters. The minimum Gasteiger partial charge on any atom is -0.462 e. The first-order valence-corrected chi connectivity index (χ1v) is 6.13. The van der Waals surface area contributed by atoms with Crippen molar-refractivity contribution in [2.75, 3.05) is 12.3 Å². The minimum absolute atomic E-state index is 0.241. The number of hydrogen-bond acceptors (Lipinski definition) is 4. The normalized spacial score (nSPS) is 15.4. The van der Waals surface area contributed by atoms with Crippen LogP contribution in [0.2, 0.25) is 5.15 Å². The van der Waals surface area contributed by atoms with Gasteiger partial charge < -0.3 is 10.5 Å². The molecule has 0 spiro atoms. The highest BCUT2D eigenvalue weighted by Gasteiger charge is 2.18. The van der Waals surface area contributed by atoms with Crippen LogP contribution < -0.4 is 5.73 Å². The van der Waals surface area contributed by atoms with E-state index in [1.807, 2.05) is 0 Å². The molecule has 1 heterocycles. The second-order valence-corrected chi connectivity index (χ2v) is 4.70. The van der Waals surface area contributed by atoms with Crippen molar-refractivity contribution in [2.24, 2.45) is 5.92 Å². The molecule has 5 heteroatoms. The number of pyridine rings is 1. The van der Waals surface area contributed by atoms with E-state index >= 15 is 0 Å². The molecule has 1 aliphatic rings. The number of nitrogens with zero attached hydrogens (tertiary/aromatic N) is 1. The molecule has 0 atom stereocenters. The highest BCUT2D eigenvalue weighted by atomic mass is 35.5. The Kier molecular flexibility index (Phi) is 3.84. The average molecular weight is 255 g/mol. The van der Waals surface area contributed by atoms with Crippen molar-refractivity contribution in [2.45, 2.75) is 25.7 Å². The lowest BCUT2D eigenvalue weighted by Gasteiger charge is -2.24. The number of nitrogen functional groups attached to an aromatic ring is 1. The van der Waals surface area contributed by atoms with E-state index < -0.39 is 5.97 Å². The second kappa shape index (κ2) is 5.36. The topological polar surface area (TPSA) is 65.2 Å². The first-order chi connectivity index (χ1) is 8.16. The van der Waals surface area contributed by atoms with E-state index in [1.54, 1.807) is 0 Å². The largest absolute Gasteiger partial charge is 0.462 e. The van der Waals surface area contributed by atoms with Crippen LogP contribution in [-0.4, -0.2) is 17.6 Å². The molecule has 2 rings (SSSR count). The predicted molar refractivity (Wildman–Crippen MR) is 65.9 cm³/mol. The molecule has 1 aliphatic carbocycles. The number of carbonyl (C=O) groups excluding carboxylic acids is 1. The molecule has 92 valence electrons. The number of esters is 1. The number of halogens is 1. The number of anilines is 1. The van der Waals surface area contributed by atoms with Crippen LogP contribution in [0.4, 0.5) is 5.69 Å². The molecule has 1 aromatic heterocycles. The van der Waals surface area contributed by atoms with Crippen molar-refractivity contribution in [3.63, 3.8) is 0 Å². The summed E-state index contributed by atoms with van der Waals surface area (Å²) in [5.41, 5.74) is 6.22. The van der Waals surface area contributed by atoms with Gasteiger partial charge in [0.2, 0.25) is 0 Å².